The summed E-state index contributed by atoms with van der Waals surface area (Å²) >= 11 is 5.95. The van der Waals surface area contributed by atoms with Gasteiger partial charge in [-0.2, -0.15) is 0 Å². The number of nitrogens with zero attached hydrogens (tertiary/aromatic N) is 3. The second kappa shape index (κ2) is 7.40. The smallest absolute Gasteiger partial charge is 0.253 e. The van der Waals surface area contributed by atoms with Crippen molar-refractivity contribution in [1.29, 1.82) is 0 Å². The van der Waals surface area contributed by atoms with Gasteiger partial charge in [-0.15, -0.1) is 0 Å². The minimum atomic E-state index is -0.443. The van der Waals surface area contributed by atoms with Crippen LogP contribution in [0.1, 0.15) is 5.69 Å². The number of nitrogens with one attached hydrogen (secondary N) is 1. The van der Waals surface area contributed by atoms with Crippen LogP contribution < -0.4 is 26.0 Å². The van der Waals surface area contributed by atoms with Gasteiger partial charge in [0.05, 0.1) is 12.2 Å². The number of piperazine rings is 1. The van der Waals surface area contributed by atoms with Crippen LogP contribution in [0, 0.1) is 0 Å². The molecule has 1 aromatic heterocycles. The fourth-order valence-corrected chi connectivity index (χ4v) is 3.49. The van der Waals surface area contributed by atoms with Gasteiger partial charge in [0.1, 0.15) is 11.4 Å². The van der Waals surface area contributed by atoms with Crippen LogP contribution in [0.5, 0.6) is 0 Å². The number of anilines is 3. The van der Waals surface area contributed by atoms with E-state index in [0.717, 1.165) is 24.5 Å². The lowest BCUT2D eigenvalue weighted by Crippen LogP contribution is -2.51. The van der Waals surface area contributed by atoms with Gasteiger partial charge >= 0.3 is 0 Å². The molecule has 2 heterocycles. The summed E-state index contributed by atoms with van der Waals surface area (Å²) in [5, 5.41) is 3.80. The molecular weight excluding hydrogens is 364 g/mol. The fraction of sp³-hybridized carbons (Fsp3) is 0.250. The summed E-state index contributed by atoms with van der Waals surface area (Å²) in [6.07, 6.45) is 1.70. The maximum Gasteiger partial charge on any atom is 0.253 e. The molecule has 0 bridgehead atoms. The number of pyridine rings is 1. The van der Waals surface area contributed by atoms with E-state index in [0.29, 0.717) is 36.0 Å². The van der Waals surface area contributed by atoms with Gasteiger partial charge in [-0.1, -0.05) is 17.7 Å². The second-order valence-corrected chi connectivity index (χ2v) is 6.94. The summed E-state index contributed by atoms with van der Waals surface area (Å²) in [5.74, 6) is 0. The van der Waals surface area contributed by atoms with Crippen molar-refractivity contribution >= 4 is 28.7 Å². The number of aromatic nitrogens is 1. The molecule has 6 nitrogen and oxygen atoms in total. The predicted octanol–water partition coefficient (Wildman–Crippen LogP) is 2.27. The number of hydrogen-bond acceptors (Lipinski definition) is 6. The highest BCUT2D eigenvalue weighted by atomic mass is 35.5. The predicted molar refractivity (Wildman–Crippen MR) is 109 cm³/mol. The van der Waals surface area contributed by atoms with E-state index in [9.17, 15) is 9.59 Å². The molecule has 0 aliphatic carbocycles. The third kappa shape index (κ3) is 3.53. The maximum absolute atomic E-state index is 12.1. The number of hydrogen-bond donors (Lipinski definition) is 1. The number of halogens is 1. The Balaban J connectivity index is 1.43. The summed E-state index contributed by atoms with van der Waals surface area (Å²) in [6, 6.07) is 13.3. The van der Waals surface area contributed by atoms with Crippen molar-refractivity contribution in [3.63, 3.8) is 0 Å². The Morgan fingerprint density at radius 2 is 1.63 bits per heavy atom. The normalized spacial score (nSPS) is 14.6. The Hall–Kier alpha value is -2.86. The summed E-state index contributed by atoms with van der Waals surface area (Å²) in [4.78, 5) is 32.6. The summed E-state index contributed by atoms with van der Waals surface area (Å²) in [5.41, 5.74) is 2.00. The number of benzene rings is 1. The number of rotatable bonds is 5. The van der Waals surface area contributed by atoms with Gasteiger partial charge in [-0.25, -0.2) is 0 Å². The van der Waals surface area contributed by atoms with Crippen LogP contribution in [-0.2, 0) is 6.54 Å². The molecule has 4 rings (SSSR count). The second-order valence-electron chi connectivity index (χ2n) is 6.51. The van der Waals surface area contributed by atoms with Crippen molar-refractivity contribution in [3.8, 4) is 0 Å². The highest BCUT2D eigenvalue weighted by Crippen LogP contribution is 2.24. The molecule has 0 saturated carbocycles. The zero-order valence-electron chi connectivity index (χ0n) is 14.7. The van der Waals surface area contributed by atoms with E-state index in [-0.39, 0.29) is 0 Å². The zero-order valence-corrected chi connectivity index (χ0v) is 15.4. The van der Waals surface area contributed by atoms with E-state index in [2.05, 4.69) is 15.2 Å². The molecular formula is C20H19ClN4O2. The van der Waals surface area contributed by atoms with Gasteiger partial charge in [0.15, 0.2) is 0 Å². The van der Waals surface area contributed by atoms with Gasteiger partial charge in [0.2, 0.25) is 0 Å². The molecule has 1 N–H and O–H groups in total. The van der Waals surface area contributed by atoms with Crippen LogP contribution in [0.15, 0.2) is 58.3 Å². The topological polar surface area (TPSA) is 65.5 Å². The summed E-state index contributed by atoms with van der Waals surface area (Å²) in [7, 11) is 0. The monoisotopic (exact) mass is 382 g/mol. The Kier molecular flexibility index (Phi) is 4.81. The summed E-state index contributed by atoms with van der Waals surface area (Å²) < 4.78 is 0. The zero-order chi connectivity index (χ0) is 18.8. The molecule has 27 heavy (non-hydrogen) atoms. The maximum atomic E-state index is 12.1. The molecule has 2 aromatic carbocycles. The Morgan fingerprint density at radius 1 is 0.926 bits per heavy atom. The molecule has 1 fully saturated rings. The van der Waals surface area contributed by atoms with E-state index in [1.54, 1.807) is 6.20 Å². The fourth-order valence-electron chi connectivity index (χ4n) is 3.37. The van der Waals surface area contributed by atoms with Crippen LogP contribution in [0.25, 0.3) is 0 Å². The highest BCUT2D eigenvalue weighted by Gasteiger charge is 2.28. The molecule has 138 valence electrons. The van der Waals surface area contributed by atoms with Crippen molar-refractivity contribution in [3.05, 3.63) is 79.8 Å². The molecule has 1 aliphatic heterocycles. The average Bonchev–Trinajstić information content (AvgIpc) is 2.72. The van der Waals surface area contributed by atoms with E-state index in [1.807, 2.05) is 47.4 Å². The molecule has 1 saturated heterocycles. The largest absolute Gasteiger partial charge is 0.374 e. The van der Waals surface area contributed by atoms with Crippen molar-refractivity contribution in [2.45, 2.75) is 6.54 Å². The van der Waals surface area contributed by atoms with E-state index < -0.39 is 10.9 Å². The Morgan fingerprint density at radius 3 is 2.30 bits per heavy atom. The third-order valence-electron chi connectivity index (χ3n) is 4.85. The molecule has 1 aliphatic rings. The standard InChI is InChI=1S/C20H19ClN4O2/c21-14-4-6-16(7-5-14)24-9-11-25(12-10-24)18-17(19(26)20(18)27)23-13-15-3-1-2-8-22-15/h1-8,23H,9-13H2. The van der Waals surface area contributed by atoms with Crippen LogP contribution >= 0.6 is 11.6 Å². The van der Waals surface area contributed by atoms with Gasteiger partial charge in [0.25, 0.3) is 10.9 Å². The van der Waals surface area contributed by atoms with Crippen LogP contribution in [0.4, 0.5) is 17.1 Å². The average molecular weight is 383 g/mol. The van der Waals surface area contributed by atoms with Crippen LogP contribution in [0.2, 0.25) is 5.02 Å². The van der Waals surface area contributed by atoms with Gasteiger partial charge in [-0.3, -0.25) is 14.6 Å². The first-order valence-corrected chi connectivity index (χ1v) is 9.24. The van der Waals surface area contributed by atoms with Crippen molar-refractivity contribution in [2.75, 3.05) is 41.3 Å². The van der Waals surface area contributed by atoms with Gasteiger partial charge in [0, 0.05) is 43.1 Å². The minimum absolute atomic E-state index is 0.404. The van der Waals surface area contributed by atoms with E-state index in [1.165, 1.54) is 0 Å². The SMILES string of the molecule is O=c1c(NCc2ccccn2)c(N2CCN(c3ccc(Cl)cc3)CC2)c1=O. The molecule has 0 atom stereocenters. The molecule has 0 unspecified atom stereocenters. The van der Waals surface area contributed by atoms with Gasteiger partial charge in [-0.05, 0) is 36.4 Å². The van der Waals surface area contributed by atoms with Crippen LogP contribution in [-0.4, -0.2) is 31.2 Å². The van der Waals surface area contributed by atoms with Crippen LogP contribution in [0.3, 0.4) is 0 Å². The summed E-state index contributed by atoms with van der Waals surface area (Å²) in [6.45, 7) is 3.35. The first kappa shape index (κ1) is 17.5. The van der Waals surface area contributed by atoms with Crippen molar-refractivity contribution in [1.82, 2.24) is 4.98 Å². The lowest BCUT2D eigenvalue weighted by Gasteiger charge is -2.38. The van der Waals surface area contributed by atoms with E-state index >= 15 is 0 Å². The van der Waals surface area contributed by atoms with Crippen molar-refractivity contribution in [2.24, 2.45) is 0 Å². The molecule has 3 aromatic rings. The first-order chi connectivity index (χ1) is 13.1. The minimum Gasteiger partial charge on any atom is -0.374 e. The molecule has 0 spiro atoms. The first-order valence-electron chi connectivity index (χ1n) is 8.86. The molecule has 7 heteroatoms. The Bertz CT molecular complexity index is 989. The van der Waals surface area contributed by atoms with Crippen molar-refractivity contribution < 1.29 is 0 Å². The molecule has 0 radical (unpaired) electrons. The lowest BCUT2D eigenvalue weighted by atomic mass is 10.1. The third-order valence-corrected chi connectivity index (χ3v) is 5.10. The molecule has 0 amide bonds. The quantitative estimate of drug-likeness (QED) is 0.683. The Labute approximate surface area is 161 Å². The highest BCUT2D eigenvalue weighted by molar-refractivity contribution is 6.30. The van der Waals surface area contributed by atoms with Gasteiger partial charge < -0.3 is 15.1 Å². The van der Waals surface area contributed by atoms with E-state index in [4.69, 9.17) is 11.6 Å². The lowest BCUT2D eigenvalue weighted by molar-refractivity contribution is 0.650.